The van der Waals surface area contributed by atoms with Crippen LogP contribution in [0.2, 0.25) is 0 Å². The van der Waals surface area contributed by atoms with Gasteiger partial charge in [-0.05, 0) is 48.1 Å². The van der Waals surface area contributed by atoms with Gasteiger partial charge in [-0.15, -0.1) is 0 Å². The van der Waals surface area contributed by atoms with Crippen LogP contribution in [0.5, 0.6) is 0 Å². The molecule has 0 atom stereocenters. The Kier molecular flexibility index (Phi) is 4.68. The molecule has 0 saturated heterocycles. The molecule has 2 aromatic rings. The van der Waals surface area contributed by atoms with Crippen LogP contribution in [0.25, 0.3) is 0 Å². The van der Waals surface area contributed by atoms with E-state index in [2.05, 4.69) is 6.07 Å². The van der Waals surface area contributed by atoms with Crippen LogP contribution < -0.4 is 0 Å². The first kappa shape index (κ1) is 17.7. The van der Waals surface area contributed by atoms with E-state index >= 15 is 0 Å². The normalized spacial score (nSPS) is 17.6. The number of amides is 1. The second kappa shape index (κ2) is 7.14. The molecule has 0 spiro atoms. The van der Waals surface area contributed by atoms with Crippen molar-refractivity contribution in [1.82, 2.24) is 4.90 Å². The van der Waals surface area contributed by atoms with Crippen molar-refractivity contribution in [1.29, 1.82) is 0 Å². The van der Waals surface area contributed by atoms with Gasteiger partial charge in [0, 0.05) is 13.1 Å². The van der Waals surface area contributed by atoms with Crippen LogP contribution in [-0.4, -0.2) is 29.9 Å². The Bertz CT molecular complexity index is 858. The number of esters is 1. The van der Waals surface area contributed by atoms with Crippen molar-refractivity contribution in [3.05, 3.63) is 71.0 Å². The molecule has 4 rings (SSSR count). The number of fused-ring (bicyclic) bond motifs is 1. The number of nitrogens with zero attached hydrogens (tertiary/aromatic N) is 1. The predicted octanol–water partition coefficient (Wildman–Crippen LogP) is 3.38. The molecule has 1 amide bonds. The van der Waals surface area contributed by atoms with Gasteiger partial charge in [-0.3, -0.25) is 9.59 Å². The van der Waals surface area contributed by atoms with E-state index in [0.717, 1.165) is 24.0 Å². The van der Waals surface area contributed by atoms with Crippen LogP contribution in [0.3, 0.4) is 0 Å². The SMILES string of the molecule is O=C(COC(=O)C1(c2ccc(F)cc2)CCC1)N1CCc2ccccc2C1. The summed E-state index contributed by atoms with van der Waals surface area (Å²) < 4.78 is 18.6. The molecule has 1 aliphatic heterocycles. The lowest BCUT2D eigenvalue weighted by atomic mass is 9.64. The zero-order valence-electron chi connectivity index (χ0n) is 15.1. The maximum atomic E-state index is 13.2. The van der Waals surface area contributed by atoms with Crippen LogP contribution in [0.4, 0.5) is 4.39 Å². The van der Waals surface area contributed by atoms with Crippen molar-refractivity contribution < 1.29 is 18.7 Å². The summed E-state index contributed by atoms with van der Waals surface area (Å²) in [6, 6.07) is 14.1. The molecule has 1 heterocycles. The number of hydrogen-bond donors (Lipinski definition) is 0. The molecule has 0 aromatic heterocycles. The van der Waals surface area contributed by atoms with Crippen molar-refractivity contribution in [3.8, 4) is 0 Å². The summed E-state index contributed by atoms with van der Waals surface area (Å²) in [7, 11) is 0. The van der Waals surface area contributed by atoms with Crippen LogP contribution in [0, 0.1) is 5.82 Å². The average Bonchev–Trinajstić information content (AvgIpc) is 2.66. The molecule has 0 N–H and O–H groups in total. The topological polar surface area (TPSA) is 46.6 Å². The monoisotopic (exact) mass is 367 g/mol. The summed E-state index contributed by atoms with van der Waals surface area (Å²) in [4.78, 5) is 27.0. The first-order valence-corrected chi connectivity index (χ1v) is 9.36. The number of benzene rings is 2. The van der Waals surface area contributed by atoms with E-state index in [1.165, 1.54) is 17.7 Å². The van der Waals surface area contributed by atoms with Crippen LogP contribution in [-0.2, 0) is 32.7 Å². The Hall–Kier alpha value is -2.69. The minimum atomic E-state index is -0.734. The molecular formula is C22H22FNO3. The van der Waals surface area contributed by atoms with E-state index < -0.39 is 5.41 Å². The van der Waals surface area contributed by atoms with Gasteiger partial charge in [-0.2, -0.15) is 0 Å². The maximum Gasteiger partial charge on any atom is 0.317 e. The standard InChI is InChI=1S/C22H22FNO3/c23-19-8-6-18(7-9-19)22(11-3-12-22)21(26)27-15-20(25)24-13-10-16-4-1-2-5-17(16)14-24/h1-2,4-9H,3,10-15H2. The number of hydrogen-bond acceptors (Lipinski definition) is 3. The smallest absolute Gasteiger partial charge is 0.317 e. The maximum absolute atomic E-state index is 13.2. The summed E-state index contributed by atoms with van der Waals surface area (Å²) >= 11 is 0. The number of carbonyl (C=O) groups excluding carboxylic acids is 2. The molecule has 1 fully saturated rings. The van der Waals surface area contributed by atoms with Gasteiger partial charge in [0.25, 0.3) is 5.91 Å². The molecule has 5 heteroatoms. The third kappa shape index (κ3) is 3.34. The minimum absolute atomic E-state index is 0.175. The van der Waals surface area contributed by atoms with Gasteiger partial charge in [0.2, 0.25) is 0 Å². The van der Waals surface area contributed by atoms with E-state index in [-0.39, 0.29) is 24.3 Å². The molecule has 27 heavy (non-hydrogen) atoms. The van der Waals surface area contributed by atoms with Crippen molar-refractivity contribution >= 4 is 11.9 Å². The molecule has 2 aliphatic rings. The van der Waals surface area contributed by atoms with Crippen LogP contribution in [0.15, 0.2) is 48.5 Å². The summed E-state index contributed by atoms with van der Waals surface area (Å²) in [5, 5.41) is 0. The number of ether oxygens (including phenoxy) is 1. The van der Waals surface area contributed by atoms with E-state index in [1.54, 1.807) is 17.0 Å². The average molecular weight is 367 g/mol. The van der Waals surface area contributed by atoms with Gasteiger partial charge < -0.3 is 9.64 Å². The lowest BCUT2D eigenvalue weighted by Gasteiger charge is -2.39. The Balaban J connectivity index is 1.39. The second-order valence-corrected chi connectivity index (χ2v) is 7.35. The van der Waals surface area contributed by atoms with Crippen LogP contribution in [0.1, 0.15) is 36.0 Å². The quantitative estimate of drug-likeness (QED) is 0.779. The van der Waals surface area contributed by atoms with Crippen molar-refractivity contribution in [3.63, 3.8) is 0 Å². The predicted molar refractivity (Wildman–Crippen MR) is 98.5 cm³/mol. The number of halogens is 1. The van der Waals surface area contributed by atoms with Gasteiger partial charge in [-0.25, -0.2) is 4.39 Å². The van der Waals surface area contributed by atoms with Crippen LogP contribution >= 0.6 is 0 Å². The van der Waals surface area contributed by atoms with Crippen molar-refractivity contribution in [2.24, 2.45) is 0 Å². The fourth-order valence-corrected chi connectivity index (χ4v) is 3.98. The highest BCUT2D eigenvalue weighted by Gasteiger charge is 2.47. The van der Waals surface area contributed by atoms with E-state index in [1.807, 2.05) is 18.2 Å². The molecule has 0 radical (unpaired) electrons. The molecule has 2 aromatic carbocycles. The molecule has 1 aliphatic carbocycles. The highest BCUT2D eigenvalue weighted by atomic mass is 19.1. The zero-order valence-corrected chi connectivity index (χ0v) is 15.1. The lowest BCUT2D eigenvalue weighted by molar-refractivity contribution is -0.160. The molecule has 4 nitrogen and oxygen atoms in total. The molecular weight excluding hydrogens is 345 g/mol. The molecule has 0 unspecified atom stereocenters. The Morgan fingerprint density at radius 2 is 1.74 bits per heavy atom. The summed E-state index contributed by atoms with van der Waals surface area (Å²) in [6.45, 7) is 0.941. The van der Waals surface area contributed by atoms with Crippen molar-refractivity contribution in [2.75, 3.05) is 13.2 Å². The third-order valence-electron chi connectivity index (χ3n) is 5.80. The summed E-state index contributed by atoms with van der Waals surface area (Å²) in [6.07, 6.45) is 3.07. The zero-order chi connectivity index (χ0) is 18.9. The van der Waals surface area contributed by atoms with E-state index in [9.17, 15) is 14.0 Å². The molecule has 140 valence electrons. The Morgan fingerprint density at radius 1 is 1.04 bits per heavy atom. The van der Waals surface area contributed by atoms with E-state index in [4.69, 9.17) is 4.74 Å². The Morgan fingerprint density at radius 3 is 2.41 bits per heavy atom. The largest absolute Gasteiger partial charge is 0.455 e. The van der Waals surface area contributed by atoms with Gasteiger partial charge in [0.05, 0.1) is 5.41 Å². The minimum Gasteiger partial charge on any atom is -0.455 e. The second-order valence-electron chi connectivity index (χ2n) is 7.35. The molecule has 1 saturated carbocycles. The van der Waals surface area contributed by atoms with E-state index in [0.29, 0.717) is 25.9 Å². The van der Waals surface area contributed by atoms with Gasteiger partial charge in [0.1, 0.15) is 5.82 Å². The Labute approximate surface area is 157 Å². The summed E-state index contributed by atoms with van der Waals surface area (Å²) in [5.41, 5.74) is 2.44. The third-order valence-corrected chi connectivity index (χ3v) is 5.80. The number of carbonyl (C=O) groups is 2. The lowest BCUT2D eigenvalue weighted by Crippen LogP contribution is -2.45. The van der Waals surface area contributed by atoms with Gasteiger partial charge >= 0.3 is 5.97 Å². The first-order chi connectivity index (χ1) is 13.1. The summed E-state index contributed by atoms with van der Waals surface area (Å²) in [5.74, 6) is -0.889. The van der Waals surface area contributed by atoms with Gasteiger partial charge in [0.15, 0.2) is 6.61 Å². The fourth-order valence-electron chi connectivity index (χ4n) is 3.98. The highest BCUT2D eigenvalue weighted by molar-refractivity contribution is 5.87. The van der Waals surface area contributed by atoms with Crippen molar-refractivity contribution in [2.45, 2.75) is 37.6 Å². The first-order valence-electron chi connectivity index (χ1n) is 9.36. The number of rotatable bonds is 4. The molecule has 0 bridgehead atoms. The highest BCUT2D eigenvalue weighted by Crippen LogP contribution is 2.44. The van der Waals surface area contributed by atoms with Gasteiger partial charge in [-0.1, -0.05) is 42.8 Å². The fraction of sp³-hybridized carbons (Fsp3) is 0.364.